The molecular formula is C11H8Cl2N4O2. The van der Waals surface area contributed by atoms with Crippen LogP contribution in [0, 0.1) is 10.1 Å². The average Bonchev–Trinajstić information content (AvgIpc) is 2.37. The second kappa shape index (κ2) is 5.38. The summed E-state index contributed by atoms with van der Waals surface area (Å²) in [7, 11) is 1.75. The Kier molecular flexibility index (Phi) is 3.82. The van der Waals surface area contributed by atoms with Crippen LogP contribution in [0.25, 0.3) is 0 Å². The van der Waals surface area contributed by atoms with Crippen LogP contribution in [0.1, 0.15) is 0 Å². The highest BCUT2D eigenvalue weighted by molar-refractivity contribution is 6.33. The van der Waals surface area contributed by atoms with Crippen LogP contribution < -0.4 is 4.90 Å². The molecule has 0 N–H and O–H groups in total. The number of hydrogen-bond acceptors (Lipinski definition) is 5. The zero-order chi connectivity index (χ0) is 14.0. The average molecular weight is 299 g/mol. The van der Waals surface area contributed by atoms with Gasteiger partial charge < -0.3 is 4.90 Å². The maximum atomic E-state index is 10.7. The van der Waals surface area contributed by atoms with Crippen molar-refractivity contribution in [1.29, 1.82) is 0 Å². The summed E-state index contributed by atoms with van der Waals surface area (Å²) in [5, 5.41) is 11.1. The highest BCUT2D eigenvalue weighted by Gasteiger charge is 2.14. The minimum absolute atomic E-state index is 0.0644. The molecule has 0 aliphatic heterocycles. The van der Waals surface area contributed by atoms with E-state index in [1.165, 1.54) is 18.5 Å². The summed E-state index contributed by atoms with van der Waals surface area (Å²) in [6.07, 6.45) is 1.33. The lowest BCUT2D eigenvalue weighted by Gasteiger charge is -2.18. The summed E-state index contributed by atoms with van der Waals surface area (Å²) < 4.78 is 0. The summed E-state index contributed by atoms with van der Waals surface area (Å²) in [4.78, 5) is 19.7. The lowest BCUT2D eigenvalue weighted by atomic mass is 10.2. The molecule has 19 heavy (non-hydrogen) atoms. The van der Waals surface area contributed by atoms with Crippen LogP contribution >= 0.6 is 23.2 Å². The van der Waals surface area contributed by atoms with E-state index in [-0.39, 0.29) is 10.7 Å². The number of nitro benzene ring substituents is 1. The number of nitro groups is 1. The lowest BCUT2D eigenvalue weighted by Crippen LogP contribution is -2.11. The Morgan fingerprint density at radius 2 is 2.00 bits per heavy atom. The molecule has 2 rings (SSSR count). The van der Waals surface area contributed by atoms with E-state index in [1.54, 1.807) is 24.1 Å². The van der Waals surface area contributed by atoms with E-state index < -0.39 is 4.92 Å². The van der Waals surface area contributed by atoms with Gasteiger partial charge in [0.05, 0.1) is 4.92 Å². The molecule has 6 nitrogen and oxygen atoms in total. The smallest absolute Gasteiger partial charge is 0.288 e. The molecule has 8 heteroatoms. The van der Waals surface area contributed by atoms with E-state index in [0.717, 1.165) is 0 Å². The van der Waals surface area contributed by atoms with Crippen molar-refractivity contribution in [1.82, 2.24) is 9.97 Å². The molecule has 0 unspecified atom stereocenters. The number of nitrogens with zero attached hydrogens (tertiary/aromatic N) is 4. The Hall–Kier alpha value is -1.92. The van der Waals surface area contributed by atoms with Gasteiger partial charge in [0.15, 0.2) is 0 Å². The largest absolute Gasteiger partial charge is 0.329 e. The molecule has 1 aromatic heterocycles. The fraction of sp³-hybridized carbons (Fsp3) is 0.0909. The predicted octanol–water partition coefficient (Wildman–Crippen LogP) is 3.46. The molecule has 0 saturated heterocycles. The molecule has 0 aliphatic carbocycles. The van der Waals surface area contributed by atoms with Gasteiger partial charge in [-0.1, -0.05) is 23.2 Å². The number of aromatic nitrogens is 2. The van der Waals surface area contributed by atoms with Crippen molar-refractivity contribution in [2.75, 3.05) is 11.9 Å². The fourth-order valence-electron chi connectivity index (χ4n) is 1.49. The van der Waals surface area contributed by atoms with E-state index in [9.17, 15) is 10.1 Å². The lowest BCUT2D eigenvalue weighted by molar-refractivity contribution is -0.384. The predicted molar refractivity (Wildman–Crippen MR) is 73.2 cm³/mol. The van der Waals surface area contributed by atoms with E-state index in [0.29, 0.717) is 16.7 Å². The molecule has 0 radical (unpaired) electrons. The van der Waals surface area contributed by atoms with Crippen LogP contribution in [-0.2, 0) is 0 Å². The van der Waals surface area contributed by atoms with Crippen LogP contribution in [-0.4, -0.2) is 21.9 Å². The third-order valence-corrected chi connectivity index (χ3v) is 2.99. The Balaban J connectivity index is 2.37. The fourth-order valence-corrected chi connectivity index (χ4v) is 1.88. The second-order valence-corrected chi connectivity index (χ2v) is 4.45. The molecule has 0 bridgehead atoms. The van der Waals surface area contributed by atoms with Crippen molar-refractivity contribution < 1.29 is 4.92 Å². The van der Waals surface area contributed by atoms with Gasteiger partial charge >= 0.3 is 0 Å². The van der Waals surface area contributed by atoms with Gasteiger partial charge in [0, 0.05) is 24.9 Å². The topological polar surface area (TPSA) is 72.2 Å². The summed E-state index contributed by atoms with van der Waals surface area (Å²) in [6, 6.07) is 6.00. The maximum absolute atomic E-state index is 10.7. The van der Waals surface area contributed by atoms with E-state index >= 15 is 0 Å². The van der Waals surface area contributed by atoms with Crippen LogP contribution in [0.2, 0.25) is 10.2 Å². The number of hydrogen-bond donors (Lipinski definition) is 0. The Labute approximate surface area is 118 Å². The van der Waals surface area contributed by atoms with Gasteiger partial charge in [0.1, 0.15) is 22.3 Å². The highest BCUT2D eigenvalue weighted by Crippen LogP contribution is 2.31. The summed E-state index contributed by atoms with van der Waals surface area (Å²) in [5.41, 5.74) is 0.518. The summed E-state index contributed by atoms with van der Waals surface area (Å²) in [5.74, 6) is 0.560. The third-order valence-electron chi connectivity index (χ3n) is 2.48. The Morgan fingerprint density at radius 3 is 2.58 bits per heavy atom. The minimum Gasteiger partial charge on any atom is -0.329 e. The van der Waals surface area contributed by atoms with Gasteiger partial charge in [0.2, 0.25) is 0 Å². The maximum Gasteiger partial charge on any atom is 0.288 e. The Morgan fingerprint density at radius 1 is 1.26 bits per heavy atom. The van der Waals surface area contributed by atoms with Gasteiger partial charge in [0.25, 0.3) is 5.69 Å². The van der Waals surface area contributed by atoms with Crippen molar-refractivity contribution in [3.63, 3.8) is 0 Å². The first-order valence-corrected chi connectivity index (χ1v) is 5.90. The first kappa shape index (κ1) is 13.5. The normalized spacial score (nSPS) is 10.3. The molecule has 2 aromatic rings. The van der Waals surface area contributed by atoms with Gasteiger partial charge in [-0.2, -0.15) is 0 Å². The molecule has 0 saturated carbocycles. The van der Waals surface area contributed by atoms with Crippen molar-refractivity contribution >= 4 is 40.4 Å². The standard InChI is InChI=1S/C11H8Cl2N4O2/c1-16(11-5-10(13)14-6-15-11)7-2-3-9(17(18)19)8(12)4-7/h2-6H,1H3. The van der Waals surface area contributed by atoms with Gasteiger partial charge in [-0.3, -0.25) is 10.1 Å². The van der Waals surface area contributed by atoms with E-state index in [2.05, 4.69) is 9.97 Å². The zero-order valence-corrected chi connectivity index (χ0v) is 11.3. The molecule has 0 amide bonds. The highest BCUT2D eigenvalue weighted by atomic mass is 35.5. The Bertz CT molecular complexity index is 636. The molecule has 98 valence electrons. The van der Waals surface area contributed by atoms with Crippen LogP contribution in [0.3, 0.4) is 0 Å². The van der Waals surface area contributed by atoms with Crippen LogP contribution in [0.4, 0.5) is 17.2 Å². The van der Waals surface area contributed by atoms with E-state index in [4.69, 9.17) is 23.2 Å². The summed E-state index contributed by atoms with van der Waals surface area (Å²) >= 11 is 11.6. The second-order valence-electron chi connectivity index (χ2n) is 3.65. The van der Waals surface area contributed by atoms with Crippen LogP contribution in [0.5, 0.6) is 0 Å². The SMILES string of the molecule is CN(c1ccc([N+](=O)[O-])c(Cl)c1)c1cc(Cl)ncn1. The first-order valence-electron chi connectivity index (χ1n) is 5.14. The molecule has 1 aromatic carbocycles. The van der Waals surface area contributed by atoms with Gasteiger partial charge in [-0.25, -0.2) is 9.97 Å². The van der Waals surface area contributed by atoms with E-state index in [1.807, 2.05) is 0 Å². The van der Waals surface area contributed by atoms with Crippen molar-refractivity contribution in [2.45, 2.75) is 0 Å². The third kappa shape index (κ3) is 2.91. The molecule has 0 atom stereocenters. The minimum atomic E-state index is -0.534. The van der Waals surface area contributed by atoms with Gasteiger partial charge in [-0.15, -0.1) is 0 Å². The molecular weight excluding hydrogens is 291 g/mol. The monoisotopic (exact) mass is 298 g/mol. The molecule has 0 aliphatic rings. The first-order chi connectivity index (χ1) is 8.99. The number of benzene rings is 1. The van der Waals surface area contributed by atoms with Gasteiger partial charge in [-0.05, 0) is 12.1 Å². The molecule has 0 fully saturated rings. The van der Waals surface area contributed by atoms with Crippen molar-refractivity contribution in [2.24, 2.45) is 0 Å². The van der Waals surface area contributed by atoms with Crippen LogP contribution in [0.15, 0.2) is 30.6 Å². The molecule has 1 heterocycles. The number of halogens is 2. The number of anilines is 2. The quantitative estimate of drug-likeness (QED) is 0.493. The zero-order valence-electron chi connectivity index (χ0n) is 9.75. The van der Waals surface area contributed by atoms with Crippen molar-refractivity contribution in [3.8, 4) is 0 Å². The number of rotatable bonds is 3. The van der Waals surface area contributed by atoms with Crippen molar-refractivity contribution in [3.05, 3.63) is 50.9 Å². The molecule has 0 spiro atoms. The summed E-state index contributed by atoms with van der Waals surface area (Å²) in [6.45, 7) is 0.